The van der Waals surface area contributed by atoms with Gasteiger partial charge in [-0.1, -0.05) is 40.2 Å². The van der Waals surface area contributed by atoms with Crippen molar-refractivity contribution in [1.82, 2.24) is 19.6 Å². The van der Waals surface area contributed by atoms with Crippen molar-refractivity contribution >= 4 is 32.5 Å². The van der Waals surface area contributed by atoms with Crippen molar-refractivity contribution in [2.75, 3.05) is 0 Å². The van der Waals surface area contributed by atoms with E-state index in [1.54, 1.807) is 28.8 Å². The molecule has 174 valence electrons. The smallest absolute Gasteiger partial charge is 0.344 e. The average molecular weight is 541 g/mol. The zero-order valence-electron chi connectivity index (χ0n) is 18.4. The highest BCUT2D eigenvalue weighted by atomic mass is 79.9. The summed E-state index contributed by atoms with van der Waals surface area (Å²) >= 11 is 3.48. The molecule has 0 radical (unpaired) electrons. The monoisotopic (exact) mass is 540 g/mol. The molecule has 3 aromatic carbocycles. The van der Waals surface area contributed by atoms with Gasteiger partial charge < -0.3 is 9.15 Å². The summed E-state index contributed by atoms with van der Waals surface area (Å²) in [4.78, 5) is 22.7. The van der Waals surface area contributed by atoms with Crippen LogP contribution < -0.4 is 10.4 Å². The Morgan fingerprint density at radius 3 is 2.53 bits per heavy atom. The summed E-state index contributed by atoms with van der Waals surface area (Å²) in [5.74, 6) is 0.227. The first-order valence-corrected chi connectivity index (χ1v) is 11.9. The van der Waals surface area contributed by atoms with Crippen LogP contribution in [0, 0.1) is 5.82 Å². The molecule has 6 aromatic rings. The van der Waals surface area contributed by atoms with Gasteiger partial charge in [0, 0.05) is 10.0 Å². The summed E-state index contributed by atoms with van der Waals surface area (Å²) in [6.45, 7) is 0. The normalized spacial score (nSPS) is 14.4. The van der Waals surface area contributed by atoms with E-state index in [1.807, 2.05) is 36.4 Å². The van der Waals surface area contributed by atoms with Crippen molar-refractivity contribution in [3.63, 3.8) is 0 Å². The van der Waals surface area contributed by atoms with Gasteiger partial charge in [-0.05, 0) is 54.1 Å². The van der Waals surface area contributed by atoms with Crippen LogP contribution in [0.2, 0.25) is 0 Å². The lowest BCUT2D eigenvalue weighted by Crippen LogP contribution is -2.22. The molecule has 0 spiro atoms. The average Bonchev–Trinajstić information content (AvgIpc) is 3.33. The fraction of sp³-hybridized carbons (Fsp3) is 0.0370. The Labute approximate surface area is 211 Å². The van der Waals surface area contributed by atoms with Gasteiger partial charge in [0.05, 0.1) is 22.4 Å². The summed E-state index contributed by atoms with van der Waals surface area (Å²) < 4.78 is 27.9. The van der Waals surface area contributed by atoms with E-state index in [0.29, 0.717) is 50.8 Å². The van der Waals surface area contributed by atoms with Crippen LogP contribution in [-0.2, 0) is 0 Å². The summed E-state index contributed by atoms with van der Waals surface area (Å²) in [5, 5.41) is 5.22. The van der Waals surface area contributed by atoms with Crippen LogP contribution in [0.1, 0.15) is 22.6 Å². The molecule has 1 atom stereocenters. The first-order valence-electron chi connectivity index (χ1n) is 11.1. The van der Waals surface area contributed by atoms with Gasteiger partial charge in [-0.25, -0.2) is 23.7 Å². The fourth-order valence-corrected chi connectivity index (χ4v) is 4.90. The maximum atomic E-state index is 13.5. The SMILES string of the molecule is O=c1oc2ccccc2c2c1C(c1ccc(Br)cc1)c1c(ncn3nc(-c4ccc(F)cc4)nc13)O2. The topological polar surface area (TPSA) is 82.5 Å². The maximum absolute atomic E-state index is 13.5. The molecule has 7 nitrogen and oxygen atoms in total. The Morgan fingerprint density at radius 1 is 0.944 bits per heavy atom. The molecule has 0 fully saturated rings. The molecule has 0 saturated heterocycles. The molecule has 1 aliphatic heterocycles. The Balaban J connectivity index is 1.54. The lowest BCUT2D eigenvalue weighted by atomic mass is 9.84. The molecule has 0 bridgehead atoms. The Hall–Kier alpha value is -4.37. The molecule has 4 heterocycles. The second kappa shape index (κ2) is 7.82. The van der Waals surface area contributed by atoms with E-state index in [-0.39, 0.29) is 5.82 Å². The number of rotatable bonds is 2. The third-order valence-electron chi connectivity index (χ3n) is 6.27. The minimum atomic E-state index is -0.570. The van der Waals surface area contributed by atoms with E-state index in [2.05, 4.69) is 26.0 Å². The van der Waals surface area contributed by atoms with Crippen molar-refractivity contribution in [1.29, 1.82) is 0 Å². The van der Waals surface area contributed by atoms with E-state index >= 15 is 0 Å². The summed E-state index contributed by atoms with van der Waals surface area (Å²) in [5.41, 5.74) is 2.86. The molecule has 0 saturated carbocycles. The molecule has 1 unspecified atom stereocenters. The van der Waals surface area contributed by atoms with Gasteiger partial charge in [-0.3, -0.25) is 0 Å². The van der Waals surface area contributed by atoms with Gasteiger partial charge in [-0.2, -0.15) is 0 Å². The van der Waals surface area contributed by atoms with Gasteiger partial charge in [0.15, 0.2) is 17.2 Å². The van der Waals surface area contributed by atoms with E-state index in [1.165, 1.54) is 18.5 Å². The number of fused-ring (bicyclic) bond motifs is 6. The molecular weight excluding hydrogens is 527 g/mol. The van der Waals surface area contributed by atoms with Gasteiger partial charge >= 0.3 is 5.63 Å². The van der Waals surface area contributed by atoms with Crippen LogP contribution >= 0.6 is 15.9 Å². The predicted octanol–water partition coefficient (Wildman–Crippen LogP) is 6.09. The molecule has 1 aliphatic rings. The number of hydrogen-bond acceptors (Lipinski definition) is 6. The Morgan fingerprint density at radius 2 is 1.72 bits per heavy atom. The molecule has 0 amide bonds. The molecule has 0 aliphatic carbocycles. The maximum Gasteiger partial charge on any atom is 0.344 e. The van der Waals surface area contributed by atoms with E-state index in [9.17, 15) is 9.18 Å². The van der Waals surface area contributed by atoms with E-state index < -0.39 is 11.5 Å². The van der Waals surface area contributed by atoms with Crippen molar-refractivity contribution in [2.45, 2.75) is 5.92 Å². The largest absolute Gasteiger partial charge is 0.437 e. The quantitative estimate of drug-likeness (QED) is 0.247. The molecule has 7 rings (SSSR count). The number of hydrogen-bond donors (Lipinski definition) is 0. The number of halogens is 2. The van der Waals surface area contributed by atoms with Crippen LogP contribution in [0.15, 0.2) is 92.8 Å². The first kappa shape index (κ1) is 21.0. The van der Waals surface area contributed by atoms with Gasteiger partial charge in [0.25, 0.3) is 0 Å². The Bertz CT molecular complexity index is 1860. The highest BCUT2D eigenvalue weighted by Gasteiger charge is 2.37. The molecule has 36 heavy (non-hydrogen) atoms. The van der Waals surface area contributed by atoms with Crippen molar-refractivity contribution in [2.24, 2.45) is 0 Å². The summed E-state index contributed by atoms with van der Waals surface area (Å²) in [7, 11) is 0. The van der Waals surface area contributed by atoms with Crippen LogP contribution in [0.4, 0.5) is 4.39 Å². The highest BCUT2D eigenvalue weighted by molar-refractivity contribution is 9.10. The first-order chi connectivity index (χ1) is 17.6. The van der Waals surface area contributed by atoms with Crippen LogP contribution in [0.5, 0.6) is 11.6 Å². The third kappa shape index (κ3) is 3.16. The van der Waals surface area contributed by atoms with Crippen LogP contribution in [0.3, 0.4) is 0 Å². The number of para-hydroxylation sites is 1. The second-order valence-corrected chi connectivity index (χ2v) is 9.30. The third-order valence-corrected chi connectivity index (χ3v) is 6.80. The molecular formula is C27H14BrFN4O3. The van der Waals surface area contributed by atoms with Gasteiger partial charge in [-0.15, -0.1) is 5.10 Å². The number of aromatic nitrogens is 4. The minimum absolute atomic E-state index is 0.330. The second-order valence-electron chi connectivity index (χ2n) is 8.39. The zero-order chi connectivity index (χ0) is 24.4. The minimum Gasteiger partial charge on any atom is -0.437 e. The van der Waals surface area contributed by atoms with Crippen LogP contribution in [0.25, 0.3) is 28.0 Å². The number of nitrogens with zero attached hydrogens (tertiary/aromatic N) is 4. The van der Waals surface area contributed by atoms with Crippen LogP contribution in [-0.4, -0.2) is 19.6 Å². The zero-order valence-corrected chi connectivity index (χ0v) is 19.9. The van der Waals surface area contributed by atoms with E-state index in [4.69, 9.17) is 14.1 Å². The summed E-state index contributed by atoms with van der Waals surface area (Å²) in [6, 6.07) is 20.9. The van der Waals surface area contributed by atoms with E-state index in [0.717, 1.165) is 10.0 Å². The standard InChI is InChI=1S/C27H14BrFN4O3/c28-16-9-5-14(6-10-16)20-21-23(18-3-1-2-4-19(18)35-27(21)34)36-26-22(20)25-31-24(32-33(25)13-30-26)15-7-11-17(29)12-8-15/h1-13,20H. The Kier molecular flexibility index (Phi) is 4.55. The summed E-state index contributed by atoms with van der Waals surface area (Å²) in [6.07, 6.45) is 1.52. The molecule has 0 N–H and O–H groups in total. The number of ether oxygens (including phenoxy) is 1. The fourth-order valence-electron chi connectivity index (χ4n) is 4.64. The van der Waals surface area contributed by atoms with Gasteiger partial charge in [0.2, 0.25) is 5.88 Å². The number of benzene rings is 3. The van der Waals surface area contributed by atoms with Gasteiger partial charge in [0.1, 0.15) is 17.7 Å². The van der Waals surface area contributed by atoms with Crippen molar-refractivity contribution in [3.05, 3.63) is 117 Å². The van der Waals surface area contributed by atoms with Crippen molar-refractivity contribution in [3.8, 4) is 23.0 Å². The lowest BCUT2D eigenvalue weighted by Gasteiger charge is -2.27. The van der Waals surface area contributed by atoms with Crippen molar-refractivity contribution < 1.29 is 13.5 Å². The molecule has 9 heteroatoms. The predicted molar refractivity (Wildman–Crippen MR) is 134 cm³/mol. The molecule has 3 aromatic heterocycles. The highest BCUT2D eigenvalue weighted by Crippen LogP contribution is 2.48. The lowest BCUT2D eigenvalue weighted by molar-refractivity contribution is 0.422.